The van der Waals surface area contributed by atoms with Gasteiger partial charge in [0.15, 0.2) is 0 Å². The van der Waals surface area contributed by atoms with Crippen LogP contribution in [0, 0.1) is 0 Å². The predicted molar refractivity (Wildman–Crippen MR) is 186 cm³/mol. The van der Waals surface area contributed by atoms with E-state index in [0.29, 0.717) is 0 Å². The molecule has 0 amide bonds. The molecule has 0 fully saturated rings. The molecular weight excluding hydrogens is 532 g/mol. The summed E-state index contributed by atoms with van der Waals surface area (Å²) in [4.78, 5) is 0. The second kappa shape index (κ2) is 8.36. The fourth-order valence-corrected chi connectivity index (χ4v) is 8.15. The molecule has 0 radical (unpaired) electrons. The van der Waals surface area contributed by atoms with E-state index in [4.69, 9.17) is 4.42 Å². The third kappa shape index (κ3) is 3.04. The Bertz CT molecular complexity index is 2620. The molecule has 0 aliphatic heterocycles. The van der Waals surface area contributed by atoms with Crippen molar-refractivity contribution in [2.24, 2.45) is 0 Å². The van der Waals surface area contributed by atoms with Crippen molar-refractivity contribution in [1.82, 2.24) is 0 Å². The van der Waals surface area contributed by atoms with Gasteiger partial charge in [0.05, 0.1) is 0 Å². The molecule has 8 aromatic carbocycles. The van der Waals surface area contributed by atoms with E-state index in [9.17, 15) is 0 Å². The summed E-state index contributed by atoms with van der Waals surface area (Å²) >= 11 is 0. The van der Waals surface area contributed by atoms with Gasteiger partial charge < -0.3 is 4.42 Å². The normalized spacial score (nSPS) is 13.9. The lowest BCUT2D eigenvalue weighted by molar-refractivity contribution is 0.620. The van der Waals surface area contributed by atoms with E-state index >= 15 is 0 Å². The lowest BCUT2D eigenvalue weighted by Gasteiger charge is -2.22. The van der Waals surface area contributed by atoms with Crippen LogP contribution in [0.1, 0.15) is 25.0 Å². The molecule has 206 valence electrons. The molecule has 0 bridgehead atoms. The first-order valence-corrected chi connectivity index (χ1v) is 15.4. The molecule has 0 N–H and O–H groups in total. The van der Waals surface area contributed by atoms with Crippen LogP contribution >= 0.6 is 0 Å². The quantitative estimate of drug-likeness (QED) is 0.192. The fourth-order valence-electron chi connectivity index (χ4n) is 8.15. The zero-order chi connectivity index (χ0) is 29.2. The summed E-state index contributed by atoms with van der Waals surface area (Å²) in [6.07, 6.45) is 0. The van der Waals surface area contributed by atoms with Crippen LogP contribution < -0.4 is 0 Å². The van der Waals surface area contributed by atoms with Crippen LogP contribution in [-0.2, 0) is 5.41 Å². The summed E-state index contributed by atoms with van der Waals surface area (Å²) in [5.74, 6) is 0. The topological polar surface area (TPSA) is 13.1 Å². The molecule has 10 rings (SSSR count). The molecule has 0 saturated carbocycles. The number of furan rings is 1. The average molecular weight is 561 g/mol. The van der Waals surface area contributed by atoms with E-state index in [1.165, 1.54) is 87.6 Å². The van der Waals surface area contributed by atoms with Crippen LogP contribution in [-0.4, -0.2) is 0 Å². The largest absolute Gasteiger partial charge is 0.456 e. The number of rotatable bonds is 2. The van der Waals surface area contributed by atoms with Crippen molar-refractivity contribution < 1.29 is 4.42 Å². The highest BCUT2D eigenvalue weighted by Gasteiger charge is 2.38. The predicted octanol–water partition coefficient (Wildman–Crippen LogP) is 12.1. The van der Waals surface area contributed by atoms with Crippen LogP contribution in [0.5, 0.6) is 0 Å². The van der Waals surface area contributed by atoms with E-state index in [2.05, 4.69) is 147 Å². The molecule has 0 saturated heterocycles. The molecule has 1 aliphatic carbocycles. The van der Waals surface area contributed by atoms with Gasteiger partial charge in [-0.1, -0.05) is 129 Å². The Morgan fingerprint density at radius 1 is 0.455 bits per heavy atom. The zero-order valence-corrected chi connectivity index (χ0v) is 24.6. The standard InChI is InChI=1S/C43H28O/c1-43(2)37-24-28(16-19-31(37)35-22-23-36-32-10-6-7-11-38(32)44-42(36)41(35)43)30-18-13-27-14-20-33-29(25-8-4-3-5-9-25)17-12-26-15-21-34(30)40(27)39(26)33/h3-24H,1-2H3. The number of benzene rings is 8. The summed E-state index contributed by atoms with van der Waals surface area (Å²) < 4.78 is 6.54. The Hall–Kier alpha value is -5.40. The maximum atomic E-state index is 6.54. The molecule has 1 nitrogen and oxygen atoms in total. The highest BCUT2D eigenvalue weighted by atomic mass is 16.3. The number of hydrogen-bond donors (Lipinski definition) is 0. The van der Waals surface area contributed by atoms with Gasteiger partial charge in [-0.25, -0.2) is 0 Å². The maximum Gasteiger partial charge on any atom is 0.140 e. The summed E-state index contributed by atoms with van der Waals surface area (Å²) in [6, 6.07) is 49.2. The molecule has 0 atom stereocenters. The molecule has 1 aromatic heterocycles. The van der Waals surface area contributed by atoms with E-state index in [1.54, 1.807) is 0 Å². The Morgan fingerprint density at radius 3 is 1.80 bits per heavy atom. The Kier molecular flexibility index (Phi) is 4.58. The van der Waals surface area contributed by atoms with Crippen molar-refractivity contribution >= 4 is 54.3 Å². The number of hydrogen-bond acceptors (Lipinski definition) is 1. The first kappa shape index (κ1) is 24.1. The zero-order valence-electron chi connectivity index (χ0n) is 24.6. The van der Waals surface area contributed by atoms with Crippen molar-refractivity contribution in [1.29, 1.82) is 0 Å². The van der Waals surface area contributed by atoms with Crippen LogP contribution in [0.4, 0.5) is 0 Å². The Labute approximate surface area is 255 Å². The molecule has 1 aliphatic rings. The highest BCUT2D eigenvalue weighted by Crippen LogP contribution is 2.53. The molecule has 0 spiro atoms. The smallest absolute Gasteiger partial charge is 0.140 e. The maximum absolute atomic E-state index is 6.54. The van der Waals surface area contributed by atoms with Gasteiger partial charge in [0.2, 0.25) is 0 Å². The lowest BCUT2D eigenvalue weighted by Crippen LogP contribution is -2.15. The number of para-hydroxylation sites is 1. The molecule has 9 aromatic rings. The third-order valence-corrected chi connectivity index (χ3v) is 10.2. The SMILES string of the molecule is CC1(C)c2cc(-c3ccc4ccc5c(-c6ccccc6)ccc6ccc3c4c65)ccc2-c2ccc3c(oc4ccccc43)c21. The first-order valence-electron chi connectivity index (χ1n) is 15.4. The van der Waals surface area contributed by atoms with Crippen molar-refractivity contribution in [2.45, 2.75) is 19.3 Å². The van der Waals surface area contributed by atoms with Gasteiger partial charge in [0.1, 0.15) is 11.2 Å². The third-order valence-electron chi connectivity index (χ3n) is 10.2. The van der Waals surface area contributed by atoms with E-state index in [0.717, 1.165) is 11.2 Å². The van der Waals surface area contributed by atoms with Crippen molar-refractivity contribution in [3.05, 3.63) is 145 Å². The summed E-state index contributed by atoms with van der Waals surface area (Å²) in [5.41, 5.74) is 12.1. The van der Waals surface area contributed by atoms with E-state index < -0.39 is 0 Å². The van der Waals surface area contributed by atoms with Gasteiger partial charge in [-0.15, -0.1) is 0 Å². The fraction of sp³-hybridized carbons (Fsp3) is 0.0698. The molecule has 1 heterocycles. The van der Waals surface area contributed by atoms with Crippen LogP contribution in [0.3, 0.4) is 0 Å². The van der Waals surface area contributed by atoms with Crippen LogP contribution in [0.15, 0.2) is 138 Å². The summed E-state index contributed by atoms with van der Waals surface area (Å²) in [5, 5.41) is 10.3. The van der Waals surface area contributed by atoms with Gasteiger partial charge in [-0.05, 0) is 89.5 Å². The Balaban J connectivity index is 1.19. The number of fused-ring (bicyclic) bond motifs is 7. The molecule has 0 unspecified atom stereocenters. The monoisotopic (exact) mass is 560 g/mol. The van der Waals surface area contributed by atoms with Gasteiger partial charge >= 0.3 is 0 Å². The van der Waals surface area contributed by atoms with Crippen molar-refractivity contribution in [3.8, 4) is 33.4 Å². The van der Waals surface area contributed by atoms with Crippen molar-refractivity contribution in [3.63, 3.8) is 0 Å². The minimum Gasteiger partial charge on any atom is -0.456 e. The Morgan fingerprint density at radius 2 is 1.05 bits per heavy atom. The van der Waals surface area contributed by atoms with E-state index in [1.807, 2.05) is 0 Å². The summed E-state index contributed by atoms with van der Waals surface area (Å²) in [7, 11) is 0. The lowest BCUT2D eigenvalue weighted by atomic mass is 9.80. The van der Waals surface area contributed by atoms with Gasteiger partial charge in [-0.3, -0.25) is 0 Å². The minimum absolute atomic E-state index is 0.192. The molecule has 1 heteroatoms. The van der Waals surface area contributed by atoms with Gasteiger partial charge in [-0.2, -0.15) is 0 Å². The van der Waals surface area contributed by atoms with Gasteiger partial charge in [0.25, 0.3) is 0 Å². The van der Waals surface area contributed by atoms with Gasteiger partial charge in [0, 0.05) is 21.8 Å². The highest BCUT2D eigenvalue weighted by molar-refractivity contribution is 6.27. The van der Waals surface area contributed by atoms with E-state index in [-0.39, 0.29) is 5.41 Å². The minimum atomic E-state index is -0.192. The van der Waals surface area contributed by atoms with Crippen LogP contribution in [0.2, 0.25) is 0 Å². The second-order valence-corrected chi connectivity index (χ2v) is 12.9. The second-order valence-electron chi connectivity index (χ2n) is 12.9. The first-order chi connectivity index (χ1) is 21.6. The van der Waals surface area contributed by atoms with Crippen LogP contribution in [0.25, 0.3) is 87.6 Å². The molecule has 44 heavy (non-hydrogen) atoms. The summed E-state index contributed by atoms with van der Waals surface area (Å²) in [6.45, 7) is 4.70. The molecular formula is C43H28O. The van der Waals surface area contributed by atoms with Crippen molar-refractivity contribution in [2.75, 3.05) is 0 Å². The average Bonchev–Trinajstić information content (AvgIpc) is 3.55.